The molecule has 116 valence electrons. The summed E-state index contributed by atoms with van der Waals surface area (Å²) in [6, 6.07) is 7.87. The van der Waals surface area contributed by atoms with Crippen molar-refractivity contribution < 1.29 is 9.59 Å². The fourth-order valence-corrected chi connectivity index (χ4v) is 2.92. The lowest BCUT2D eigenvalue weighted by molar-refractivity contribution is -0.130. The first-order chi connectivity index (χ1) is 10.5. The molecule has 0 bridgehead atoms. The number of nitrogens with one attached hydrogen (secondary N) is 2. The molecule has 0 saturated carbocycles. The quantitative estimate of drug-likeness (QED) is 0.888. The number of fused-ring (bicyclic) bond motifs is 1. The Kier molecular flexibility index (Phi) is 3.60. The van der Waals surface area contributed by atoms with Crippen LogP contribution in [-0.4, -0.2) is 33.4 Å². The molecular weight excluding hydrogens is 280 g/mol. The van der Waals surface area contributed by atoms with Gasteiger partial charge in [0, 0.05) is 19.5 Å². The van der Waals surface area contributed by atoms with Crippen molar-refractivity contribution in [1.82, 2.24) is 20.2 Å². The summed E-state index contributed by atoms with van der Waals surface area (Å²) in [7, 11) is 0. The zero-order chi connectivity index (χ0) is 15.7. The highest BCUT2D eigenvalue weighted by Gasteiger charge is 2.38. The molecule has 6 heteroatoms. The van der Waals surface area contributed by atoms with Crippen LogP contribution in [0.3, 0.4) is 0 Å². The van der Waals surface area contributed by atoms with E-state index in [9.17, 15) is 9.59 Å². The van der Waals surface area contributed by atoms with Crippen molar-refractivity contribution in [2.75, 3.05) is 6.54 Å². The van der Waals surface area contributed by atoms with Crippen LogP contribution in [0.5, 0.6) is 0 Å². The summed E-state index contributed by atoms with van der Waals surface area (Å²) in [6.07, 6.45) is 0.953. The Balaban J connectivity index is 1.68. The van der Waals surface area contributed by atoms with Gasteiger partial charge in [-0.15, -0.1) is 0 Å². The number of para-hydroxylation sites is 2. The van der Waals surface area contributed by atoms with E-state index in [2.05, 4.69) is 15.6 Å². The van der Waals surface area contributed by atoms with Gasteiger partial charge in [0.1, 0.15) is 11.4 Å². The first-order valence-corrected chi connectivity index (χ1v) is 7.51. The Morgan fingerprint density at radius 3 is 2.95 bits per heavy atom. The Morgan fingerprint density at radius 1 is 1.45 bits per heavy atom. The molecule has 2 aromatic rings. The molecule has 1 atom stereocenters. The molecule has 1 aliphatic heterocycles. The molecule has 1 unspecified atom stereocenters. The lowest BCUT2D eigenvalue weighted by Crippen LogP contribution is -2.51. The Bertz CT molecular complexity index is 737. The minimum atomic E-state index is -0.775. The van der Waals surface area contributed by atoms with E-state index in [-0.39, 0.29) is 11.8 Å². The maximum Gasteiger partial charge on any atom is 0.245 e. The van der Waals surface area contributed by atoms with E-state index in [1.54, 1.807) is 6.92 Å². The maximum atomic E-state index is 12.2. The first-order valence-electron chi connectivity index (χ1n) is 7.51. The monoisotopic (exact) mass is 300 g/mol. The smallest absolute Gasteiger partial charge is 0.245 e. The lowest BCUT2D eigenvalue weighted by Gasteiger charge is -2.22. The first kappa shape index (κ1) is 14.6. The summed E-state index contributed by atoms with van der Waals surface area (Å²) in [5, 5.41) is 5.60. The van der Waals surface area contributed by atoms with Gasteiger partial charge in [-0.25, -0.2) is 4.98 Å². The van der Waals surface area contributed by atoms with Crippen molar-refractivity contribution in [3.8, 4) is 0 Å². The van der Waals surface area contributed by atoms with Crippen LogP contribution >= 0.6 is 0 Å². The van der Waals surface area contributed by atoms with E-state index in [0.717, 1.165) is 16.9 Å². The third-order valence-corrected chi connectivity index (χ3v) is 4.23. The van der Waals surface area contributed by atoms with Crippen molar-refractivity contribution in [2.24, 2.45) is 0 Å². The largest absolute Gasteiger partial charge is 0.354 e. The molecule has 1 aromatic carbocycles. The second kappa shape index (κ2) is 5.44. The summed E-state index contributed by atoms with van der Waals surface area (Å²) >= 11 is 0. The van der Waals surface area contributed by atoms with Gasteiger partial charge >= 0.3 is 0 Å². The minimum Gasteiger partial charge on any atom is -0.354 e. The number of hydrogen-bond donors (Lipinski definition) is 2. The lowest BCUT2D eigenvalue weighted by atomic mass is 10.0. The van der Waals surface area contributed by atoms with Crippen molar-refractivity contribution in [3.63, 3.8) is 0 Å². The van der Waals surface area contributed by atoms with Gasteiger partial charge in [-0.1, -0.05) is 12.1 Å². The van der Waals surface area contributed by atoms with Crippen LogP contribution in [-0.2, 0) is 16.1 Å². The van der Waals surface area contributed by atoms with E-state index in [0.29, 0.717) is 25.9 Å². The van der Waals surface area contributed by atoms with Gasteiger partial charge in [0.05, 0.1) is 11.0 Å². The summed E-state index contributed by atoms with van der Waals surface area (Å²) in [6.45, 7) is 4.87. The molecule has 2 amide bonds. The van der Waals surface area contributed by atoms with Gasteiger partial charge in [-0.2, -0.15) is 0 Å². The van der Waals surface area contributed by atoms with E-state index in [1.165, 1.54) is 0 Å². The SMILES string of the molecule is Cc1nc2ccccc2n1CCC(=O)NC1(C)CCNC1=O. The molecule has 2 heterocycles. The number of amides is 2. The fraction of sp³-hybridized carbons (Fsp3) is 0.438. The molecule has 1 aliphatic rings. The standard InChI is InChI=1S/C16H20N4O2/c1-11-18-12-5-3-4-6-13(12)20(11)10-7-14(21)19-16(2)8-9-17-15(16)22/h3-6H,7-10H2,1-2H3,(H,17,22)(H,19,21). The highest BCUT2D eigenvalue weighted by atomic mass is 16.2. The average Bonchev–Trinajstić information content (AvgIpc) is 2.96. The van der Waals surface area contributed by atoms with Gasteiger partial charge in [-0.3, -0.25) is 9.59 Å². The number of hydrogen-bond acceptors (Lipinski definition) is 3. The number of imidazole rings is 1. The molecular formula is C16H20N4O2. The molecule has 2 N–H and O–H groups in total. The third-order valence-electron chi connectivity index (χ3n) is 4.23. The average molecular weight is 300 g/mol. The van der Waals surface area contributed by atoms with Crippen LogP contribution in [0.2, 0.25) is 0 Å². The number of rotatable bonds is 4. The number of carbonyl (C=O) groups is 2. The highest BCUT2D eigenvalue weighted by Crippen LogP contribution is 2.17. The molecule has 0 spiro atoms. The summed E-state index contributed by atoms with van der Waals surface area (Å²) < 4.78 is 2.03. The summed E-state index contributed by atoms with van der Waals surface area (Å²) in [5.74, 6) is 0.667. The molecule has 0 radical (unpaired) electrons. The van der Waals surface area contributed by atoms with Crippen molar-refractivity contribution in [2.45, 2.75) is 38.8 Å². The minimum absolute atomic E-state index is 0.106. The third kappa shape index (κ3) is 2.56. The Labute approximate surface area is 128 Å². The molecule has 22 heavy (non-hydrogen) atoms. The molecule has 0 aliphatic carbocycles. The molecule has 6 nitrogen and oxygen atoms in total. The number of aryl methyl sites for hydroxylation is 2. The second-order valence-electron chi connectivity index (χ2n) is 5.94. The van der Waals surface area contributed by atoms with Gasteiger partial charge in [0.15, 0.2) is 0 Å². The molecule has 1 saturated heterocycles. The Hall–Kier alpha value is -2.37. The van der Waals surface area contributed by atoms with Gasteiger partial charge < -0.3 is 15.2 Å². The predicted octanol–water partition coefficient (Wildman–Crippen LogP) is 1.13. The zero-order valence-corrected chi connectivity index (χ0v) is 12.8. The summed E-state index contributed by atoms with van der Waals surface area (Å²) in [4.78, 5) is 28.4. The Morgan fingerprint density at radius 2 is 2.23 bits per heavy atom. The topological polar surface area (TPSA) is 76.0 Å². The van der Waals surface area contributed by atoms with Crippen LogP contribution in [0.15, 0.2) is 24.3 Å². The van der Waals surface area contributed by atoms with Gasteiger partial charge in [0.25, 0.3) is 0 Å². The normalized spacial score (nSPS) is 21.1. The van der Waals surface area contributed by atoms with Gasteiger partial charge in [0.2, 0.25) is 11.8 Å². The summed E-state index contributed by atoms with van der Waals surface area (Å²) in [5.41, 5.74) is 1.18. The number of carbonyl (C=O) groups excluding carboxylic acids is 2. The maximum absolute atomic E-state index is 12.2. The molecule has 1 aromatic heterocycles. The fourth-order valence-electron chi connectivity index (χ4n) is 2.92. The number of nitrogens with zero attached hydrogens (tertiary/aromatic N) is 2. The van der Waals surface area contributed by atoms with Crippen molar-refractivity contribution in [1.29, 1.82) is 0 Å². The van der Waals surface area contributed by atoms with Crippen LogP contribution in [0.25, 0.3) is 11.0 Å². The molecule has 3 rings (SSSR count). The van der Waals surface area contributed by atoms with E-state index in [4.69, 9.17) is 0 Å². The zero-order valence-electron chi connectivity index (χ0n) is 12.8. The second-order valence-corrected chi connectivity index (χ2v) is 5.94. The van der Waals surface area contributed by atoms with Crippen molar-refractivity contribution >= 4 is 22.8 Å². The van der Waals surface area contributed by atoms with Gasteiger partial charge in [-0.05, 0) is 32.4 Å². The van der Waals surface area contributed by atoms with Crippen LogP contribution in [0.4, 0.5) is 0 Å². The number of benzene rings is 1. The van der Waals surface area contributed by atoms with E-state index >= 15 is 0 Å². The highest BCUT2D eigenvalue weighted by molar-refractivity contribution is 5.92. The van der Waals surface area contributed by atoms with Crippen molar-refractivity contribution in [3.05, 3.63) is 30.1 Å². The van der Waals surface area contributed by atoms with E-state index < -0.39 is 5.54 Å². The van der Waals surface area contributed by atoms with Crippen LogP contribution in [0, 0.1) is 6.92 Å². The van der Waals surface area contributed by atoms with Crippen LogP contribution < -0.4 is 10.6 Å². The van der Waals surface area contributed by atoms with E-state index in [1.807, 2.05) is 35.8 Å². The molecule has 1 fully saturated rings. The number of aromatic nitrogens is 2. The van der Waals surface area contributed by atoms with Crippen LogP contribution in [0.1, 0.15) is 25.6 Å². The predicted molar refractivity (Wildman–Crippen MR) is 83.3 cm³/mol.